The Morgan fingerprint density at radius 2 is 1.92 bits per heavy atom. The van der Waals surface area contributed by atoms with E-state index in [0.29, 0.717) is 5.11 Å². The Hall–Kier alpha value is -4.09. The third-order valence-corrected chi connectivity index (χ3v) is 6.84. The molecule has 37 heavy (non-hydrogen) atoms. The van der Waals surface area contributed by atoms with E-state index < -0.39 is 0 Å². The number of pyridine rings is 1. The SMILES string of the molecule is COCC(=O)Nc1ccc(N2C(=S)N[C@H](c3ccccn3)[C@H]2c2cc(C)n(-n3cnnc3)c2C)cc1C. The Morgan fingerprint density at radius 3 is 2.59 bits per heavy atom. The Morgan fingerprint density at radius 1 is 1.14 bits per heavy atom. The average molecular weight is 517 g/mol. The van der Waals surface area contributed by atoms with Crippen molar-refractivity contribution in [3.8, 4) is 0 Å². The molecule has 190 valence electrons. The predicted molar refractivity (Wildman–Crippen MR) is 144 cm³/mol. The van der Waals surface area contributed by atoms with Gasteiger partial charge >= 0.3 is 0 Å². The number of amides is 1. The first kappa shape index (κ1) is 24.6. The minimum absolute atomic E-state index is 0.00277. The quantitative estimate of drug-likeness (QED) is 0.360. The lowest BCUT2D eigenvalue weighted by Crippen LogP contribution is -2.29. The second-order valence-electron chi connectivity index (χ2n) is 8.96. The van der Waals surface area contributed by atoms with E-state index in [4.69, 9.17) is 17.0 Å². The molecule has 11 heteroatoms. The van der Waals surface area contributed by atoms with Crippen LogP contribution in [0.25, 0.3) is 0 Å². The van der Waals surface area contributed by atoms with E-state index >= 15 is 0 Å². The van der Waals surface area contributed by atoms with Gasteiger partial charge in [-0.25, -0.2) is 4.68 Å². The summed E-state index contributed by atoms with van der Waals surface area (Å²) in [7, 11) is 1.50. The fourth-order valence-electron chi connectivity index (χ4n) is 4.94. The Labute approximate surface area is 220 Å². The van der Waals surface area contributed by atoms with Crippen LogP contribution in [-0.2, 0) is 9.53 Å². The van der Waals surface area contributed by atoms with Gasteiger partial charge in [-0.2, -0.15) is 0 Å². The van der Waals surface area contributed by atoms with Crippen molar-refractivity contribution in [2.75, 3.05) is 23.9 Å². The van der Waals surface area contributed by atoms with Gasteiger partial charge in [-0.1, -0.05) is 6.07 Å². The number of carbonyl (C=O) groups is 1. The van der Waals surface area contributed by atoms with Gasteiger partial charge in [0.1, 0.15) is 19.3 Å². The Bertz CT molecular complexity index is 1430. The van der Waals surface area contributed by atoms with Crippen molar-refractivity contribution in [1.82, 2.24) is 29.9 Å². The van der Waals surface area contributed by atoms with E-state index in [1.165, 1.54) is 7.11 Å². The number of nitrogens with zero attached hydrogens (tertiary/aromatic N) is 6. The number of ether oxygens (including phenoxy) is 1. The van der Waals surface area contributed by atoms with Crippen molar-refractivity contribution in [2.24, 2.45) is 0 Å². The van der Waals surface area contributed by atoms with Crippen molar-refractivity contribution < 1.29 is 9.53 Å². The summed E-state index contributed by atoms with van der Waals surface area (Å²) in [6.07, 6.45) is 5.15. The second-order valence-corrected chi connectivity index (χ2v) is 9.34. The zero-order chi connectivity index (χ0) is 26.1. The van der Waals surface area contributed by atoms with E-state index in [1.54, 1.807) is 18.9 Å². The summed E-state index contributed by atoms with van der Waals surface area (Å²) in [5.41, 5.74) is 6.64. The van der Waals surface area contributed by atoms with E-state index in [2.05, 4.69) is 55.3 Å². The number of nitrogens with one attached hydrogen (secondary N) is 2. The van der Waals surface area contributed by atoms with Crippen LogP contribution in [0.15, 0.2) is 61.3 Å². The summed E-state index contributed by atoms with van der Waals surface area (Å²) in [6, 6.07) is 13.6. The highest BCUT2D eigenvalue weighted by atomic mass is 32.1. The average Bonchev–Trinajstić information content (AvgIpc) is 3.59. The molecule has 3 aromatic heterocycles. The number of thiocarbonyl (C=S) groups is 1. The molecule has 0 spiro atoms. The van der Waals surface area contributed by atoms with Crippen molar-refractivity contribution >= 4 is 34.6 Å². The summed E-state index contributed by atoms with van der Waals surface area (Å²) in [5.74, 6) is -0.203. The molecule has 1 aliphatic heterocycles. The lowest BCUT2D eigenvalue weighted by Gasteiger charge is -2.28. The Balaban J connectivity index is 1.60. The van der Waals surface area contributed by atoms with Crippen LogP contribution in [0.4, 0.5) is 11.4 Å². The number of benzene rings is 1. The topological polar surface area (TPSA) is 102 Å². The molecule has 4 aromatic rings. The molecule has 0 aliphatic carbocycles. The maximum atomic E-state index is 12.1. The number of anilines is 2. The first-order chi connectivity index (χ1) is 17.9. The van der Waals surface area contributed by atoms with Crippen LogP contribution in [0, 0.1) is 20.8 Å². The molecule has 10 nitrogen and oxygen atoms in total. The van der Waals surface area contributed by atoms with Crippen LogP contribution in [0.1, 0.15) is 40.3 Å². The monoisotopic (exact) mass is 516 g/mol. The molecule has 0 radical (unpaired) electrons. The molecular formula is C26H28N8O2S. The normalized spacial score (nSPS) is 17.2. The minimum atomic E-state index is -0.203. The molecule has 1 fully saturated rings. The third kappa shape index (κ3) is 4.58. The van der Waals surface area contributed by atoms with Gasteiger partial charge in [-0.05, 0) is 75.0 Å². The van der Waals surface area contributed by atoms with Crippen LogP contribution in [-0.4, -0.2) is 49.3 Å². The number of aryl methyl sites for hydroxylation is 2. The number of rotatable bonds is 7. The second kappa shape index (κ2) is 10.1. The van der Waals surface area contributed by atoms with Crippen molar-refractivity contribution in [3.05, 3.63) is 89.5 Å². The smallest absolute Gasteiger partial charge is 0.250 e. The molecule has 1 aliphatic rings. The molecule has 0 unspecified atom stereocenters. The predicted octanol–water partition coefficient (Wildman–Crippen LogP) is 3.47. The molecule has 1 amide bonds. The van der Waals surface area contributed by atoms with E-state index in [-0.39, 0.29) is 24.6 Å². The van der Waals surface area contributed by atoms with Gasteiger partial charge in [0.05, 0.1) is 17.8 Å². The highest BCUT2D eigenvalue weighted by Crippen LogP contribution is 2.43. The number of methoxy groups -OCH3 is 1. The fourth-order valence-corrected chi connectivity index (χ4v) is 5.28. The molecule has 2 N–H and O–H groups in total. The van der Waals surface area contributed by atoms with E-state index in [0.717, 1.165) is 39.6 Å². The largest absolute Gasteiger partial charge is 0.375 e. The highest BCUT2D eigenvalue weighted by molar-refractivity contribution is 7.80. The standard InChI is InChI=1S/C26H28N8O2S/c1-16-11-19(8-9-21(16)30-23(35)13-36-4)33-25(24(31-26(33)37)22-7-5-6-10-27-22)20-12-17(2)34(18(20)3)32-14-28-29-15-32/h5-12,14-15,24-25H,13H2,1-4H3,(H,30,35)(H,31,37)/t24-,25-/m1/s1. The summed E-state index contributed by atoms with van der Waals surface area (Å²) >= 11 is 5.89. The first-order valence-corrected chi connectivity index (χ1v) is 12.2. The van der Waals surface area contributed by atoms with Gasteiger partial charge in [-0.15, -0.1) is 10.2 Å². The maximum Gasteiger partial charge on any atom is 0.250 e. The van der Waals surface area contributed by atoms with E-state index in [9.17, 15) is 4.79 Å². The summed E-state index contributed by atoms with van der Waals surface area (Å²) < 4.78 is 8.87. The lowest BCUT2D eigenvalue weighted by molar-refractivity contribution is -0.119. The Kier molecular flexibility index (Phi) is 6.72. The van der Waals surface area contributed by atoms with Crippen LogP contribution >= 0.6 is 12.2 Å². The van der Waals surface area contributed by atoms with E-state index in [1.807, 2.05) is 48.0 Å². The van der Waals surface area contributed by atoms with Gasteiger partial charge in [0, 0.05) is 41.6 Å². The minimum Gasteiger partial charge on any atom is -0.375 e. The van der Waals surface area contributed by atoms with Crippen molar-refractivity contribution in [1.29, 1.82) is 0 Å². The summed E-state index contributed by atoms with van der Waals surface area (Å²) in [6.45, 7) is 6.09. The zero-order valence-electron chi connectivity index (χ0n) is 21.0. The lowest BCUT2D eigenvalue weighted by atomic mass is 9.96. The number of aromatic nitrogens is 5. The molecule has 2 atom stereocenters. The van der Waals surface area contributed by atoms with Gasteiger partial charge in [-0.3, -0.25) is 14.5 Å². The molecule has 1 aromatic carbocycles. The molecule has 1 saturated heterocycles. The van der Waals surface area contributed by atoms with Crippen LogP contribution in [0.5, 0.6) is 0 Å². The van der Waals surface area contributed by atoms with Gasteiger partial charge < -0.3 is 20.3 Å². The first-order valence-electron chi connectivity index (χ1n) is 11.8. The molecule has 0 bridgehead atoms. The number of carbonyl (C=O) groups excluding carboxylic acids is 1. The van der Waals surface area contributed by atoms with Crippen molar-refractivity contribution in [2.45, 2.75) is 32.9 Å². The van der Waals surface area contributed by atoms with Crippen LogP contribution in [0.2, 0.25) is 0 Å². The molecular weight excluding hydrogens is 488 g/mol. The van der Waals surface area contributed by atoms with Crippen LogP contribution < -0.4 is 15.5 Å². The highest BCUT2D eigenvalue weighted by Gasteiger charge is 2.42. The fraction of sp³-hybridized carbons (Fsp3) is 0.269. The van der Waals surface area contributed by atoms with Gasteiger partial charge in [0.2, 0.25) is 5.91 Å². The maximum absolute atomic E-state index is 12.1. The van der Waals surface area contributed by atoms with Crippen LogP contribution in [0.3, 0.4) is 0 Å². The number of hydrogen-bond donors (Lipinski definition) is 2. The van der Waals surface area contributed by atoms with Gasteiger partial charge in [0.25, 0.3) is 0 Å². The zero-order valence-corrected chi connectivity index (χ0v) is 21.9. The summed E-state index contributed by atoms with van der Waals surface area (Å²) in [4.78, 5) is 18.8. The summed E-state index contributed by atoms with van der Waals surface area (Å²) in [5, 5.41) is 15.0. The molecule has 5 rings (SSSR count). The van der Waals surface area contributed by atoms with Crippen molar-refractivity contribution in [3.63, 3.8) is 0 Å². The third-order valence-electron chi connectivity index (χ3n) is 6.53. The molecule has 0 saturated carbocycles. The number of hydrogen-bond acceptors (Lipinski definition) is 6. The molecule has 4 heterocycles. The van der Waals surface area contributed by atoms with Gasteiger partial charge in [0.15, 0.2) is 5.11 Å².